The van der Waals surface area contributed by atoms with E-state index in [9.17, 15) is 14.6 Å². The van der Waals surface area contributed by atoms with Crippen LogP contribution in [0.5, 0.6) is 0 Å². The van der Waals surface area contributed by atoms with Crippen molar-refractivity contribution in [3.8, 4) is 5.69 Å². The number of hydrogen-bond acceptors (Lipinski definition) is 3. The summed E-state index contributed by atoms with van der Waals surface area (Å²) in [5.41, 5.74) is 3.79. The summed E-state index contributed by atoms with van der Waals surface area (Å²) in [5.74, 6) is -0.256. The van der Waals surface area contributed by atoms with Gasteiger partial charge >= 0.3 is 0 Å². The second kappa shape index (κ2) is 7.05. The first kappa shape index (κ1) is 17.1. The van der Waals surface area contributed by atoms with Gasteiger partial charge in [0.1, 0.15) is 5.82 Å². The van der Waals surface area contributed by atoms with Gasteiger partial charge in [0.05, 0.1) is 12.2 Å². The molecule has 1 saturated heterocycles. The molecule has 1 aromatic heterocycles. The third-order valence-electron chi connectivity index (χ3n) is 4.90. The fourth-order valence-corrected chi connectivity index (χ4v) is 3.56. The summed E-state index contributed by atoms with van der Waals surface area (Å²) in [6, 6.07) is 8.39. The van der Waals surface area contributed by atoms with Crippen LogP contribution in [0.1, 0.15) is 35.9 Å². The lowest BCUT2D eigenvalue weighted by Gasteiger charge is -2.31. The fourth-order valence-electron chi connectivity index (χ4n) is 3.56. The molecule has 130 valence electrons. The van der Waals surface area contributed by atoms with Gasteiger partial charge in [0.15, 0.2) is 0 Å². The van der Waals surface area contributed by atoms with Crippen LogP contribution < -0.4 is 0 Å². The number of aromatic nitrogens is 1. The molecule has 5 heteroatoms. The van der Waals surface area contributed by atoms with Crippen molar-refractivity contribution in [1.82, 2.24) is 9.47 Å². The lowest BCUT2D eigenvalue weighted by Crippen LogP contribution is -2.38. The van der Waals surface area contributed by atoms with E-state index in [0.29, 0.717) is 6.54 Å². The molecule has 0 saturated carbocycles. The van der Waals surface area contributed by atoms with Gasteiger partial charge in [-0.15, -0.1) is 0 Å². The molecule has 0 amide bonds. The summed E-state index contributed by atoms with van der Waals surface area (Å²) in [7, 11) is 0. The van der Waals surface area contributed by atoms with Gasteiger partial charge in [-0.05, 0) is 57.0 Å². The Morgan fingerprint density at radius 3 is 2.42 bits per heavy atom. The molecule has 2 aromatic rings. The molecular formula is C19H25FN2O2. The molecular weight excluding hydrogens is 307 g/mol. The molecule has 3 rings (SSSR count). The molecule has 0 bridgehead atoms. The minimum Gasteiger partial charge on any atom is -0.393 e. The largest absolute Gasteiger partial charge is 0.393 e. The van der Waals surface area contributed by atoms with Gasteiger partial charge < -0.3 is 19.7 Å². The van der Waals surface area contributed by atoms with Crippen LogP contribution in [0.15, 0.2) is 30.3 Å². The SMILES string of the molecule is Cc1cc(C(O)CN2CCC(O)CC2)c(C)n1-c1ccc(F)cc1. The van der Waals surface area contributed by atoms with Crippen molar-refractivity contribution in [3.05, 3.63) is 53.1 Å². The Balaban J connectivity index is 1.79. The predicted octanol–water partition coefficient (Wildman–Crippen LogP) is 2.72. The monoisotopic (exact) mass is 332 g/mol. The zero-order valence-corrected chi connectivity index (χ0v) is 14.2. The van der Waals surface area contributed by atoms with Crippen LogP contribution in [0, 0.1) is 19.7 Å². The summed E-state index contributed by atoms with van der Waals surface area (Å²) in [6.07, 6.45) is 0.755. The molecule has 1 aromatic carbocycles. The minimum atomic E-state index is -0.569. The van der Waals surface area contributed by atoms with Crippen molar-refractivity contribution < 1.29 is 14.6 Å². The number of hydrogen-bond donors (Lipinski definition) is 2. The van der Waals surface area contributed by atoms with E-state index >= 15 is 0 Å². The lowest BCUT2D eigenvalue weighted by atomic mass is 10.1. The maximum absolute atomic E-state index is 13.2. The van der Waals surface area contributed by atoms with Gasteiger partial charge in [-0.3, -0.25) is 0 Å². The molecule has 2 N–H and O–H groups in total. The van der Waals surface area contributed by atoms with E-state index < -0.39 is 6.10 Å². The van der Waals surface area contributed by atoms with Crippen LogP contribution in [0.25, 0.3) is 5.69 Å². The molecule has 1 unspecified atom stereocenters. The van der Waals surface area contributed by atoms with Gasteiger partial charge in [0.2, 0.25) is 0 Å². The Kier molecular flexibility index (Phi) is 5.04. The molecule has 1 aliphatic heterocycles. The second-order valence-electron chi connectivity index (χ2n) is 6.69. The number of aryl methyl sites for hydroxylation is 1. The van der Waals surface area contributed by atoms with E-state index in [4.69, 9.17) is 0 Å². The average Bonchev–Trinajstić information content (AvgIpc) is 2.85. The zero-order valence-electron chi connectivity index (χ0n) is 14.2. The molecule has 1 atom stereocenters. The molecule has 0 spiro atoms. The van der Waals surface area contributed by atoms with Gasteiger partial charge in [0, 0.05) is 42.3 Å². The Hall–Kier alpha value is -1.69. The van der Waals surface area contributed by atoms with Crippen LogP contribution >= 0.6 is 0 Å². The Morgan fingerprint density at radius 2 is 1.79 bits per heavy atom. The van der Waals surface area contributed by atoms with Gasteiger partial charge in [-0.1, -0.05) is 0 Å². The van der Waals surface area contributed by atoms with E-state index in [1.165, 1.54) is 12.1 Å². The molecule has 0 radical (unpaired) electrons. The summed E-state index contributed by atoms with van der Waals surface area (Å²) in [5, 5.41) is 20.3. The lowest BCUT2D eigenvalue weighted by molar-refractivity contribution is 0.0506. The van der Waals surface area contributed by atoms with Crippen LogP contribution in [-0.2, 0) is 0 Å². The highest BCUT2D eigenvalue weighted by atomic mass is 19.1. The third kappa shape index (κ3) is 3.53. The number of rotatable bonds is 4. The van der Waals surface area contributed by atoms with Crippen LogP contribution in [0.3, 0.4) is 0 Å². The first-order valence-corrected chi connectivity index (χ1v) is 8.49. The Bertz CT molecular complexity index is 688. The van der Waals surface area contributed by atoms with E-state index in [0.717, 1.165) is 48.6 Å². The number of benzene rings is 1. The van der Waals surface area contributed by atoms with Gasteiger partial charge in [0.25, 0.3) is 0 Å². The van der Waals surface area contributed by atoms with Crippen LogP contribution in [0.2, 0.25) is 0 Å². The minimum absolute atomic E-state index is 0.207. The van der Waals surface area contributed by atoms with Crippen molar-refractivity contribution in [3.63, 3.8) is 0 Å². The molecule has 1 aliphatic rings. The van der Waals surface area contributed by atoms with Crippen molar-refractivity contribution in [2.75, 3.05) is 19.6 Å². The number of aliphatic hydroxyl groups excluding tert-OH is 2. The highest BCUT2D eigenvalue weighted by Crippen LogP contribution is 2.27. The molecule has 0 aliphatic carbocycles. The predicted molar refractivity (Wildman–Crippen MR) is 91.8 cm³/mol. The smallest absolute Gasteiger partial charge is 0.123 e. The van der Waals surface area contributed by atoms with E-state index in [2.05, 4.69) is 4.90 Å². The number of halogens is 1. The number of nitrogens with zero attached hydrogens (tertiary/aromatic N) is 2. The first-order valence-electron chi connectivity index (χ1n) is 8.49. The van der Waals surface area contributed by atoms with Crippen molar-refractivity contribution in [2.45, 2.75) is 38.9 Å². The number of likely N-dealkylation sites (tertiary alicyclic amines) is 1. The highest BCUT2D eigenvalue weighted by Gasteiger charge is 2.23. The van der Waals surface area contributed by atoms with Crippen molar-refractivity contribution >= 4 is 0 Å². The average molecular weight is 332 g/mol. The summed E-state index contributed by atoms with van der Waals surface area (Å²) < 4.78 is 15.2. The third-order valence-corrected chi connectivity index (χ3v) is 4.90. The summed E-state index contributed by atoms with van der Waals surface area (Å²) >= 11 is 0. The maximum atomic E-state index is 13.2. The van der Waals surface area contributed by atoms with Crippen molar-refractivity contribution in [1.29, 1.82) is 0 Å². The van der Waals surface area contributed by atoms with Gasteiger partial charge in [-0.2, -0.15) is 0 Å². The Morgan fingerprint density at radius 1 is 1.17 bits per heavy atom. The Labute approximate surface area is 142 Å². The zero-order chi connectivity index (χ0) is 17.3. The summed E-state index contributed by atoms with van der Waals surface area (Å²) in [4.78, 5) is 2.20. The standard InChI is InChI=1S/C19H25FN2O2/c1-13-11-18(19(24)12-21-9-7-17(23)8-10-21)14(2)22(13)16-5-3-15(20)4-6-16/h3-6,11,17,19,23-24H,7-10,12H2,1-2H3. The fraction of sp³-hybridized carbons (Fsp3) is 0.474. The van der Waals surface area contributed by atoms with Crippen LogP contribution in [0.4, 0.5) is 4.39 Å². The number of β-amino-alcohol motifs (C(OH)–C–C–N with tert-alkyl or cyclic N) is 1. The highest BCUT2D eigenvalue weighted by molar-refractivity contribution is 5.42. The topological polar surface area (TPSA) is 48.6 Å². The quantitative estimate of drug-likeness (QED) is 0.905. The first-order chi connectivity index (χ1) is 11.5. The second-order valence-corrected chi connectivity index (χ2v) is 6.69. The normalized spacial score (nSPS) is 18.0. The van der Waals surface area contributed by atoms with Crippen LogP contribution in [-0.4, -0.2) is 45.4 Å². The molecule has 2 heterocycles. The summed E-state index contributed by atoms with van der Waals surface area (Å²) in [6.45, 7) is 6.17. The number of aliphatic hydroxyl groups is 2. The molecule has 1 fully saturated rings. The molecule has 24 heavy (non-hydrogen) atoms. The molecule has 4 nitrogen and oxygen atoms in total. The maximum Gasteiger partial charge on any atom is 0.123 e. The van der Waals surface area contributed by atoms with Crippen molar-refractivity contribution in [2.24, 2.45) is 0 Å². The number of piperidine rings is 1. The van der Waals surface area contributed by atoms with E-state index in [-0.39, 0.29) is 11.9 Å². The van der Waals surface area contributed by atoms with E-state index in [1.54, 1.807) is 12.1 Å². The van der Waals surface area contributed by atoms with E-state index in [1.807, 2.05) is 24.5 Å². The van der Waals surface area contributed by atoms with Gasteiger partial charge in [-0.25, -0.2) is 4.39 Å².